The van der Waals surface area contributed by atoms with Crippen molar-refractivity contribution in [2.24, 2.45) is 11.8 Å². The Kier molecular flexibility index (Phi) is 7.42. The molecule has 27 heavy (non-hydrogen) atoms. The highest BCUT2D eigenvalue weighted by Crippen LogP contribution is 2.30. The van der Waals surface area contributed by atoms with E-state index in [1.165, 1.54) is 56.1 Å². The maximum absolute atomic E-state index is 6.58. The minimum atomic E-state index is 0.555. The molecule has 0 radical (unpaired) electrons. The number of hydrogen-bond donors (Lipinski definition) is 0. The lowest BCUT2D eigenvalue weighted by Gasteiger charge is -2.21. The van der Waals surface area contributed by atoms with Crippen molar-refractivity contribution in [2.75, 3.05) is 0 Å². The van der Waals surface area contributed by atoms with E-state index in [1.807, 2.05) is 6.07 Å². The summed E-state index contributed by atoms with van der Waals surface area (Å²) in [5.41, 5.74) is 4.71. The molecule has 0 heterocycles. The molecule has 0 aromatic heterocycles. The van der Waals surface area contributed by atoms with Gasteiger partial charge in [0, 0.05) is 22.1 Å². The Hall–Kier alpha value is -1.71. The average molecular weight is 379 g/mol. The summed E-state index contributed by atoms with van der Waals surface area (Å²) in [7, 11) is 0. The third-order valence-corrected chi connectivity index (χ3v) is 6.05. The van der Waals surface area contributed by atoms with Crippen LogP contribution in [0.1, 0.15) is 69.9 Å². The monoisotopic (exact) mass is 378 g/mol. The smallest absolute Gasteiger partial charge is 0.0496 e. The van der Waals surface area contributed by atoms with E-state index in [0.717, 1.165) is 28.5 Å². The molecule has 1 saturated carbocycles. The van der Waals surface area contributed by atoms with Gasteiger partial charge in [0.25, 0.3) is 0 Å². The summed E-state index contributed by atoms with van der Waals surface area (Å²) < 4.78 is 0. The summed E-state index contributed by atoms with van der Waals surface area (Å²) in [4.78, 5) is 0. The van der Waals surface area contributed by atoms with Crippen molar-refractivity contribution in [1.29, 1.82) is 0 Å². The van der Waals surface area contributed by atoms with E-state index in [2.05, 4.69) is 62.1 Å². The molecule has 0 saturated heterocycles. The molecule has 1 fully saturated rings. The van der Waals surface area contributed by atoms with Gasteiger partial charge < -0.3 is 0 Å². The van der Waals surface area contributed by atoms with E-state index >= 15 is 0 Å². The zero-order valence-electron chi connectivity index (χ0n) is 16.7. The van der Waals surface area contributed by atoms with Crippen molar-refractivity contribution in [3.63, 3.8) is 0 Å². The van der Waals surface area contributed by atoms with Crippen LogP contribution in [0.4, 0.5) is 0 Å². The zero-order chi connectivity index (χ0) is 19.1. The van der Waals surface area contributed by atoms with Crippen LogP contribution in [0.15, 0.2) is 42.5 Å². The Morgan fingerprint density at radius 3 is 2.37 bits per heavy atom. The second-order valence-corrected chi connectivity index (χ2v) is 8.48. The molecule has 0 nitrogen and oxygen atoms in total. The van der Waals surface area contributed by atoms with Gasteiger partial charge in [-0.2, -0.15) is 0 Å². The number of halogens is 1. The van der Waals surface area contributed by atoms with Crippen LogP contribution in [0.5, 0.6) is 0 Å². The first-order valence-electron chi connectivity index (χ1n) is 10.6. The lowest BCUT2D eigenvalue weighted by Crippen LogP contribution is -2.10. The second-order valence-electron chi connectivity index (χ2n) is 8.07. The van der Waals surface area contributed by atoms with Gasteiger partial charge in [-0.15, -0.1) is 0 Å². The first-order valence-corrected chi connectivity index (χ1v) is 10.9. The van der Waals surface area contributed by atoms with E-state index in [4.69, 9.17) is 11.6 Å². The summed E-state index contributed by atoms with van der Waals surface area (Å²) in [6.07, 6.45) is 10.1. The maximum atomic E-state index is 6.58. The van der Waals surface area contributed by atoms with Crippen molar-refractivity contribution in [3.8, 4) is 23.0 Å². The number of aryl methyl sites for hydroxylation is 1. The molecule has 142 valence electrons. The topological polar surface area (TPSA) is 0 Å². The van der Waals surface area contributed by atoms with Crippen LogP contribution in [-0.4, -0.2) is 0 Å². The Labute approximate surface area is 170 Å². The standard InChI is InChI=1S/C26H31Cl/c1-3-4-5-6-21-13-16-24(17-14-21)25-18-15-23(19-26(25)27)12-11-22-9-7-20(2)8-10-22/h13-20,22H,3-10H2,1-2H3/t20-,22-. The highest BCUT2D eigenvalue weighted by atomic mass is 35.5. The Morgan fingerprint density at radius 2 is 1.70 bits per heavy atom. The van der Waals surface area contributed by atoms with Crippen LogP contribution in [0.3, 0.4) is 0 Å². The minimum absolute atomic E-state index is 0.555. The van der Waals surface area contributed by atoms with Crippen LogP contribution >= 0.6 is 11.6 Å². The number of benzene rings is 2. The third-order valence-electron chi connectivity index (χ3n) is 5.74. The molecule has 0 spiro atoms. The van der Waals surface area contributed by atoms with Crippen molar-refractivity contribution in [2.45, 2.75) is 65.2 Å². The molecule has 2 aromatic rings. The highest BCUT2D eigenvalue weighted by molar-refractivity contribution is 6.33. The van der Waals surface area contributed by atoms with Gasteiger partial charge in [-0.05, 0) is 67.7 Å². The van der Waals surface area contributed by atoms with Crippen molar-refractivity contribution >= 4 is 11.6 Å². The van der Waals surface area contributed by atoms with Crippen molar-refractivity contribution in [3.05, 3.63) is 58.6 Å². The molecule has 1 heteroatoms. The summed E-state index contributed by atoms with van der Waals surface area (Å²) in [5, 5.41) is 0.790. The molecular weight excluding hydrogens is 348 g/mol. The van der Waals surface area contributed by atoms with Gasteiger partial charge in [0.15, 0.2) is 0 Å². The second kappa shape index (κ2) is 10.0. The van der Waals surface area contributed by atoms with Crippen molar-refractivity contribution < 1.29 is 0 Å². The molecule has 0 amide bonds. The molecule has 2 aromatic carbocycles. The fraction of sp³-hybridized carbons (Fsp3) is 0.462. The average Bonchev–Trinajstić information content (AvgIpc) is 2.69. The Bertz CT molecular complexity index is 783. The van der Waals surface area contributed by atoms with Crippen LogP contribution in [0.25, 0.3) is 11.1 Å². The molecule has 3 rings (SSSR count). The van der Waals surface area contributed by atoms with E-state index in [1.54, 1.807) is 0 Å². The maximum Gasteiger partial charge on any atom is 0.0496 e. The molecule has 1 aliphatic rings. The molecule has 0 N–H and O–H groups in total. The van der Waals surface area contributed by atoms with E-state index in [-0.39, 0.29) is 0 Å². The van der Waals surface area contributed by atoms with Gasteiger partial charge in [0.2, 0.25) is 0 Å². The fourth-order valence-electron chi connectivity index (χ4n) is 3.85. The van der Waals surface area contributed by atoms with E-state index in [9.17, 15) is 0 Å². The zero-order valence-corrected chi connectivity index (χ0v) is 17.5. The first kappa shape index (κ1) is 20.0. The molecule has 1 aliphatic carbocycles. The van der Waals surface area contributed by atoms with Gasteiger partial charge >= 0.3 is 0 Å². The predicted molar refractivity (Wildman–Crippen MR) is 118 cm³/mol. The SMILES string of the molecule is CCCCCc1ccc(-c2ccc(C#C[C@H]3CC[C@H](C)CC3)cc2Cl)cc1. The molecular formula is C26H31Cl. The summed E-state index contributed by atoms with van der Waals surface area (Å²) >= 11 is 6.58. The normalized spacial score (nSPS) is 19.4. The number of unbranched alkanes of at least 4 members (excludes halogenated alkanes) is 2. The summed E-state index contributed by atoms with van der Waals surface area (Å²) in [6, 6.07) is 15.1. The van der Waals surface area contributed by atoms with Gasteiger partial charge in [0.1, 0.15) is 0 Å². The molecule has 0 aliphatic heterocycles. The minimum Gasteiger partial charge on any atom is -0.0945 e. The lowest BCUT2D eigenvalue weighted by atomic mass is 9.83. The Morgan fingerprint density at radius 1 is 0.963 bits per heavy atom. The van der Waals surface area contributed by atoms with Gasteiger partial charge in [-0.1, -0.05) is 80.5 Å². The molecule has 0 unspecified atom stereocenters. The highest BCUT2D eigenvalue weighted by Gasteiger charge is 2.15. The van der Waals surface area contributed by atoms with Crippen LogP contribution in [0.2, 0.25) is 5.02 Å². The summed E-state index contributed by atoms with van der Waals surface area (Å²) in [5.74, 6) is 8.25. The summed E-state index contributed by atoms with van der Waals surface area (Å²) in [6.45, 7) is 4.59. The van der Waals surface area contributed by atoms with Gasteiger partial charge in [0.05, 0.1) is 0 Å². The van der Waals surface area contributed by atoms with Gasteiger partial charge in [-0.3, -0.25) is 0 Å². The predicted octanol–water partition coefficient (Wildman–Crippen LogP) is 7.92. The van der Waals surface area contributed by atoms with Crippen LogP contribution in [-0.2, 0) is 6.42 Å². The largest absolute Gasteiger partial charge is 0.0945 e. The van der Waals surface area contributed by atoms with E-state index < -0.39 is 0 Å². The fourth-order valence-corrected chi connectivity index (χ4v) is 4.14. The van der Waals surface area contributed by atoms with E-state index in [0.29, 0.717) is 5.92 Å². The molecule has 0 atom stereocenters. The number of hydrogen-bond acceptors (Lipinski definition) is 0. The Balaban J connectivity index is 1.66. The first-order chi connectivity index (χ1) is 13.2. The lowest BCUT2D eigenvalue weighted by molar-refractivity contribution is 0.337. The van der Waals surface area contributed by atoms with Crippen molar-refractivity contribution in [1.82, 2.24) is 0 Å². The van der Waals surface area contributed by atoms with Crippen LogP contribution in [0, 0.1) is 23.7 Å². The number of rotatable bonds is 5. The van der Waals surface area contributed by atoms with Gasteiger partial charge in [-0.25, -0.2) is 0 Å². The third kappa shape index (κ3) is 5.88. The quantitative estimate of drug-likeness (QED) is 0.366. The molecule has 0 bridgehead atoms. The van der Waals surface area contributed by atoms with Crippen LogP contribution < -0.4 is 0 Å².